The minimum absolute atomic E-state index is 0.205. The molecule has 0 radical (unpaired) electrons. The Morgan fingerprint density at radius 2 is 1.86 bits per heavy atom. The Labute approximate surface area is 240 Å². The number of aliphatic hydroxyl groups is 1. The van der Waals surface area contributed by atoms with Crippen LogP contribution in [0.1, 0.15) is 19.8 Å². The molecule has 2 fully saturated rings. The number of aliphatic hydroxyl groups excluding tert-OH is 1. The van der Waals surface area contributed by atoms with Crippen molar-refractivity contribution in [3.63, 3.8) is 0 Å². The number of likely N-dealkylation sites (tertiary alicyclic amines) is 1. The summed E-state index contributed by atoms with van der Waals surface area (Å²) in [4.78, 5) is 49.6. The van der Waals surface area contributed by atoms with Gasteiger partial charge in [-0.15, -0.1) is 0 Å². The third-order valence-corrected chi connectivity index (χ3v) is 6.89. The van der Waals surface area contributed by atoms with E-state index in [1.54, 1.807) is 0 Å². The zero-order valence-electron chi connectivity index (χ0n) is 19.2. The van der Waals surface area contributed by atoms with E-state index in [-0.39, 0.29) is 11.9 Å². The predicted octanol–water partition coefficient (Wildman–Crippen LogP) is 4.81. The molecule has 5 rings (SSSR count). The molecule has 1 aliphatic carbocycles. The number of hydrogen-bond donors (Lipinski definition) is 2. The van der Waals surface area contributed by atoms with Crippen molar-refractivity contribution in [3.8, 4) is 11.5 Å². The van der Waals surface area contributed by atoms with Crippen LogP contribution in [0.25, 0.3) is 0 Å². The van der Waals surface area contributed by atoms with E-state index in [9.17, 15) is 24.3 Å². The normalized spacial score (nSPS) is 20.1. The lowest BCUT2D eigenvalue weighted by Gasteiger charge is -2.45. The van der Waals surface area contributed by atoms with E-state index < -0.39 is 56.4 Å². The maximum absolute atomic E-state index is 12.6. The number of benzene rings is 1. The molecule has 1 aromatic carbocycles. The minimum Gasteiger partial charge on any atom is -0.509 e. The van der Waals surface area contributed by atoms with Gasteiger partial charge in [-0.2, -0.15) is 0 Å². The Morgan fingerprint density at radius 3 is 2.30 bits per heavy atom. The number of thioether (sulfide) groups is 1. The summed E-state index contributed by atoms with van der Waals surface area (Å²) in [6.45, 7) is 0.803. The molecule has 1 aromatic rings. The summed E-state index contributed by atoms with van der Waals surface area (Å²) in [5.74, 6) is -0.648. The fourth-order valence-electron chi connectivity index (χ4n) is 3.09. The van der Waals surface area contributed by atoms with Gasteiger partial charge in [0.2, 0.25) is 9.70 Å². The third kappa shape index (κ3) is 8.57. The number of alkyl halides is 4. The molecule has 0 aromatic heterocycles. The number of amides is 2. The van der Waals surface area contributed by atoms with Crippen LogP contribution in [-0.2, 0) is 23.9 Å². The highest BCUT2D eigenvalue weighted by molar-refractivity contribution is 9.09. The number of hydrogen-bond acceptors (Lipinski definition) is 9. The first kappa shape index (κ1) is 29.7. The second-order valence-corrected chi connectivity index (χ2v) is 12.2. The lowest BCUT2D eigenvalue weighted by Crippen LogP contribution is -2.69. The monoisotopic (exact) mass is 658 g/mol. The molecule has 37 heavy (non-hydrogen) atoms. The van der Waals surface area contributed by atoms with E-state index in [4.69, 9.17) is 49.0 Å². The van der Waals surface area contributed by atoms with Crippen molar-refractivity contribution in [3.05, 3.63) is 35.7 Å². The van der Waals surface area contributed by atoms with Crippen molar-refractivity contribution in [2.45, 2.75) is 35.0 Å². The summed E-state index contributed by atoms with van der Waals surface area (Å²) in [7, 11) is 0. The number of ether oxygens (including phenoxy) is 3. The quantitative estimate of drug-likeness (QED) is 0.135. The van der Waals surface area contributed by atoms with Crippen LogP contribution in [0.15, 0.2) is 35.7 Å². The van der Waals surface area contributed by atoms with Crippen LogP contribution in [0.3, 0.4) is 0 Å². The summed E-state index contributed by atoms with van der Waals surface area (Å²) in [6, 6.07) is 6.74. The highest BCUT2D eigenvalue weighted by Gasteiger charge is 2.54. The van der Waals surface area contributed by atoms with Gasteiger partial charge in [-0.25, -0.2) is 9.59 Å². The van der Waals surface area contributed by atoms with Gasteiger partial charge in [0.25, 0.3) is 5.91 Å². The summed E-state index contributed by atoms with van der Waals surface area (Å²) < 4.78 is 13.1. The highest BCUT2D eigenvalue weighted by Crippen LogP contribution is 2.37. The maximum Gasteiger partial charge on any atom is 0.369 e. The van der Waals surface area contributed by atoms with E-state index in [1.807, 2.05) is 24.3 Å². The number of carbonyl (C=O) groups is 4. The molecule has 15 heteroatoms. The van der Waals surface area contributed by atoms with Gasteiger partial charge < -0.3 is 24.6 Å². The second kappa shape index (κ2) is 12.8. The lowest BCUT2D eigenvalue weighted by molar-refractivity contribution is -0.152. The number of carbonyl (C=O) groups excluding carboxylic acids is 4. The number of esters is 1. The van der Waals surface area contributed by atoms with Gasteiger partial charge in [0.15, 0.2) is 5.70 Å². The fourth-order valence-corrected chi connectivity index (χ4v) is 4.49. The van der Waals surface area contributed by atoms with E-state index >= 15 is 0 Å². The third-order valence-electron chi connectivity index (χ3n) is 4.99. The van der Waals surface area contributed by atoms with Crippen molar-refractivity contribution >= 4 is 85.6 Å². The predicted molar refractivity (Wildman–Crippen MR) is 141 cm³/mol. The number of β-lactam (4-membered cyclic amide) rings is 1. The smallest absolute Gasteiger partial charge is 0.369 e. The minimum atomic E-state index is -1.91. The maximum atomic E-state index is 12.6. The molecular weight excluding hydrogens is 639 g/mol. The number of nitrogens with zero attached hydrogens (tertiary/aromatic N) is 1. The molecule has 3 aliphatic heterocycles. The molecule has 202 valence electrons. The molecule has 1 saturated carbocycles. The summed E-state index contributed by atoms with van der Waals surface area (Å²) in [5.41, 5.74) is -0.541. The van der Waals surface area contributed by atoms with E-state index in [0.29, 0.717) is 17.7 Å². The van der Waals surface area contributed by atoms with Crippen molar-refractivity contribution in [2.75, 3.05) is 18.5 Å². The Balaban J connectivity index is 0.000000458. The van der Waals surface area contributed by atoms with Gasteiger partial charge in [-0.3, -0.25) is 14.5 Å². The number of rotatable bonds is 8. The summed E-state index contributed by atoms with van der Waals surface area (Å²) in [5, 5.41) is 10.7. The van der Waals surface area contributed by atoms with Crippen LogP contribution in [-0.4, -0.2) is 66.8 Å². The van der Waals surface area contributed by atoms with Crippen molar-refractivity contribution in [2.24, 2.45) is 5.92 Å². The van der Waals surface area contributed by atoms with Gasteiger partial charge in [0, 0.05) is 13.0 Å². The number of fused-ring (bicyclic) bond motifs is 2. The van der Waals surface area contributed by atoms with E-state index in [0.717, 1.165) is 29.2 Å². The van der Waals surface area contributed by atoms with Gasteiger partial charge in [0.1, 0.15) is 35.3 Å². The number of halogens is 4. The Kier molecular flexibility index (Phi) is 10.3. The van der Waals surface area contributed by atoms with Crippen LogP contribution in [0.4, 0.5) is 4.79 Å². The topological polar surface area (TPSA) is 131 Å². The Morgan fingerprint density at radius 1 is 1.24 bits per heavy atom. The Bertz CT molecular complexity index is 1070. The van der Waals surface area contributed by atoms with E-state index in [2.05, 4.69) is 21.2 Å². The molecule has 2 bridgehead atoms. The summed E-state index contributed by atoms with van der Waals surface area (Å²) >= 11 is 20.3. The molecule has 2 amide bonds. The first-order valence-electron chi connectivity index (χ1n) is 10.8. The first-order chi connectivity index (χ1) is 17.4. The molecular formula is C22H22BrCl3N2O8S. The van der Waals surface area contributed by atoms with Crippen LogP contribution in [0.5, 0.6) is 11.5 Å². The Hall–Kier alpha value is -1.86. The average Bonchev–Trinajstić information content (AvgIpc) is 3.66. The largest absolute Gasteiger partial charge is 0.509 e. The van der Waals surface area contributed by atoms with Gasteiger partial charge in [-0.1, -0.05) is 56.8 Å². The molecule has 2 atom stereocenters. The van der Waals surface area contributed by atoms with Crippen LogP contribution < -0.4 is 10.1 Å². The zero-order chi connectivity index (χ0) is 27.3. The average molecular weight is 661 g/mol. The lowest BCUT2D eigenvalue weighted by atomic mass is 10.1. The van der Waals surface area contributed by atoms with Gasteiger partial charge in [0.05, 0.1) is 11.9 Å². The number of allylic oxidation sites excluding steroid dienone is 1. The highest BCUT2D eigenvalue weighted by atomic mass is 79.9. The number of nitrogens with one attached hydrogen (secondary N) is 1. The molecule has 3 heterocycles. The van der Waals surface area contributed by atoms with Crippen molar-refractivity contribution in [1.82, 2.24) is 10.2 Å². The standard InChI is InChI=1S/C16H18BrCl3N2O7S.C6H4O/c1-7(23)21-10-12(25)22(13(10)30-15(27)28-5-8-2-3-8)11(9(24)4-17)14(26)29-6-16(18,19)20;1-2-5-4-6(3-1)7-5/h8,10,13,24H,2-6H2,1H3,(H,21,23);1-4H. The molecule has 2 N–H and O–H groups in total. The van der Waals surface area contributed by atoms with Gasteiger partial charge >= 0.3 is 11.3 Å². The van der Waals surface area contributed by atoms with Gasteiger partial charge in [-0.05, 0) is 42.7 Å². The SMILES string of the molecule is CC(=O)NC1C(=O)N(C(C(=O)OCC(Cl)(Cl)Cl)=C(O)CBr)C1SC(=O)OCC1CC1.c1cc2cc(c1)O2. The van der Waals surface area contributed by atoms with Crippen molar-refractivity contribution in [1.29, 1.82) is 0 Å². The summed E-state index contributed by atoms with van der Waals surface area (Å²) in [6.07, 6.45) is 1.95. The van der Waals surface area contributed by atoms with Crippen LogP contribution >= 0.6 is 62.5 Å². The molecule has 4 aliphatic rings. The van der Waals surface area contributed by atoms with Crippen LogP contribution in [0, 0.1) is 5.92 Å². The van der Waals surface area contributed by atoms with Crippen LogP contribution in [0.2, 0.25) is 0 Å². The van der Waals surface area contributed by atoms with Crippen molar-refractivity contribution < 1.29 is 38.5 Å². The molecule has 1 saturated heterocycles. The first-order valence-corrected chi connectivity index (χ1v) is 14.0. The molecule has 0 spiro atoms. The molecule has 10 nitrogen and oxygen atoms in total. The fraction of sp³-hybridized carbons (Fsp3) is 0.455. The van der Waals surface area contributed by atoms with E-state index in [1.165, 1.54) is 6.92 Å². The molecule has 2 unspecified atom stereocenters. The second-order valence-electron chi connectivity index (χ2n) is 8.10. The zero-order valence-corrected chi connectivity index (χ0v) is 23.9.